The van der Waals surface area contributed by atoms with Crippen LogP contribution in [0.1, 0.15) is 28.1 Å². The molecule has 0 aromatic carbocycles. The number of hydrogen-bond donors (Lipinski definition) is 0. The summed E-state index contributed by atoms with van der Waals surface area (Å²) in [6.45, 7) is 2.17. The minimum atomic E-state index is 0.109. The number of carbonyl (C=O) groups excluding carboxylic acids is 1. The number of ether oxygens (including phenoxy) is 1. The van der Waals surface area contributed by atoms with Crippen molar-refractivity contribution >= 4 is 51.2 Å². The molecule has 0 saturated carbocycles. The van der Waals surface area contributed by atoms with E-state index in [4.69, 9.17) is 4.74 Å². The first-order chi connectivity index (χ1) is 10.2. The molecule has 3 heterocycles. The van der Waals surface area contributed by atoms with Crippen molar-refractivity contribution in [2.24, 2.45) is 0 Å². The first-order valence-corrected chi connectivity index (χ1v) is 9.73. The summed E-state index contributed by atoms with van der Waals surface area (Å²) in [4.78, 5) is 15.9. The molecule has 0 spiro atoms. The van der Waals surface area contributed by atoms with E-state index in [0.29, 0.717) is 13.1 Å². The van der Waals surface area contributed by atoms with Crippen molar-refractivity contribution in [3.63, 3.8) is 0 Å². The fraction of sp³-hybridized carbons (Fsp3) is 0.400. The number of amides is 1. The van der Waals surface area contributed by atoms with Crippen molar-refractivity contribution in [3.8, 4) is 0 Å². The van der Waals surface area contributed by atoms with Gasteiger partial charge >= 0.3 is 0 Å². The number of hydrogen-bond acceptors (Lipinski definition) is 4. The third-order valence-electron chi connectivity index (χ3n) is 3.48. The van der Waals surface area contributed by atoms with Gasteiger partial charge < -0.3 is 9.64 Å². The summed E-state index contributed by atoms with van der Waals surface area (Å²) in [6.07, 6.45) is 2.34. The number of rotatable bonds is 5. The molecule has 1 atom stereocenters. The van der Waals surface area contributed by atoms with Gasteiger partial charge in [-0.3, -0.25) is 4.79 Å². The summed E-state index contributed by atoms with van der Waals surface area (Å²) in [5.41, 5.74) is 0.791. The fourth-order valence-corrected chi connectivity index (χ4v) is 4.49. The molecule has 1 aliphatic heterocycles. The van der Waals surface area contributed by atoms with Crippen LogP contribution in [0.4, 0.5) is 0 Å². The second kappa shape index (κ2) is 7.21. The summed E-state index contributed by atoms with van der Waals surface area (Å²) < 4.78 is 6.85. The average Bonchev–Trinajstić information content (AvgIpc) is 3.19. The van der Waals surface area contributed by atoms with E-state index in [1.54, 1.807) is 22.7 Å². The monoisotopic (exact) mass is 433 g/mol. The van der Waals surface area contributed by atoms with Crippen LogP contribution in [0.3, 0.4) is 0 Å². The SMILES string of the molecule is O=C(c1csc(I)c1)N(Cc1cccs1)CC1CCCO1. The van der Waals surface area contributed by atoms with Crippen LogP contribution in [-0.2, 0) is 11.3 Å². The molecule has 1 unspecified atom stereocenters. The van der Waals surface area contributed by atoms with Gasteiger partial charge in [-0.15, -0.1) is 22.7 Å². The van der Waals surface area contributed by atoms with Gasteiger partial charge in [0.1, 0.15) is 0 Å². The van der Waals surface area contributed by atoms with Crippen LogP contribution in [-0.4, -0.2) is 30.1 Å². The highest BCUT2D eigenvalue weighted by Crippen LogP contribution is 2.22. The molecule has 2 aromatic rings. The lowest BCUT2D eigenvalue weighted by atomic mass is 10.2. The fourth-order valence-electron chi connectivity index (χ4n) is 2.45. The minimum absolute atomic E-state index is 0.109. The molecule has 2 aromatic heterocycles. The van der Waals surface area contributed by atoms with Gasteiger partial charge in [0.05, 0.1) is 21.1 Å². The van der Waals surface area contributed by atoms with Gasteiger partial charge in [0.2, 0.25) is 0 Å². The summed E-state index contributed by atoms with van der Waals surface area (Å²) in [5, 5.41) is 4.00. The number of thiophene rings is 2. The van der Waals surface area contributed by atoms with E-state index in [1.165, 1.54) is 4.88 Å². The molecule has 6 heteroatoms. The van der Waals surface area contributed by atoms with Crippen LogP contribution in [0, 0.1) is 2.88 Å². The Morgan fingerprint density at radius 1 is 1.48 bits per heavy atom. The molecular formula is C15H16INO2S2. The van der Waals surface area contributed by atoms with Crippen LogP contribution in [0.2, 0.25) is 0 Å². The van der Waals surface area contributed by atoms with E-state index >= 15 is 0 Å². The molecular weight excluding hydrogens is 417 g/mol. The highest BCUT2D eigenvalue weighted by Gasteiger charge is 2.24. The molecule has 21 heavy (non-hydrogen) atoms. The van der Waals surface area contributed by atoms with Gasteiger partial charge in [0.25, 0.3) is 5.91 Å². The Balaban J connectivity index is 1.75. The molecule has 1 fully saturated rings. The Hall–Kier alpha value is -0.440. The van der Waals surface area contributed by atoms with Crippen LogP contribution >= 0.6 is 45.3 Å². The molecule has 3 nitrogen and oxygen atoms in total. The first-order valence-electron chi connectivity index (χ1n) is 6.89. The van der Waals surface area contributed by atoms with E-state index in [0.717, 1.165) is 27.9 Å². The van der Waals surface area contributed by atoms with Gasteiger partial charge in [-0.2, -0.15) is 0 Å². The van der Waals surface area contributed by atoms with E-state index in [-0.39, 0.29) is 12.0 Å². The van der Waals surface area contributed by atoms with Gasteiger partial charge in [-0.25, -0.2) is 0 Å². The first kappa shape index (κ1) is 15.5. The molecule has 1 aliphatic rings. The maximum Gasteiger partial charge on any atom is 0.255 e. The topological polar surface area (TPSA) is 29.5 Å². The summed E-state index contributed by atoms with van der Waals surface area (Å²) in [6, 6.07) is 6.07. The van der Waals surface area contributed by atoms with E-state index in [1.807, 2.05) is 22.4 Å². The highest BCUT2D eigenvalue weighted by molar-refractivity contribution is 14.1. The summed E-state index contributed by atoms with van der Waals surface area (Å²) in [5.74, 6) is 0.109. The third-order valence-corrected chi connectivity index (χ3v) is 6.13. The molecule has 1 amide bonds. The van der Waals surface area contributed by atoms with Crippen molar-refractivity contribution in [1.82, 2.24) is 4.90 Å². The van der Waals surface area contributed by atoms with Crippen molar-refractivity contribution in [2.45, 2.75) is 25.5 Å². The second-order valence-corrected chi connectivity index (χ2v) is 8.88. The Labute approximate surface area is 146 Å². The van der Waals surface area contributed by atoms with Gasteiger partial charge in [-0.1, -0.05) is 6.07 Å². The standard InChI is InChI=1S/C15H16INO2S2/c16-14-7-11(10-21-14)15(18)17(8-12-3-1-5-19-12)9-13-4-2-6-20-13/h2,4,6-7,10,12H,1,3,5,8-9H2. The Morgan fingerprint density at radius 2 is 2.38 bits per heavy atom. The zero-order valence-electron chi connectivity index (χ0n) is 11.5. The molecule has 0 N–H and O–H groups in total. The van der Waals surface area contributed by atoms with Crippen molar-refractivity contribution in [2.75, 3.05) is 13.2 Å². The van der Waals surface area contributed by atoms with Gasteiger partial charge in [-0.05, 0) is 52.9 Å². The number of halogens is 1. The highest BCUT2D eigenvalue weighted by atomic mass is 127. The van der Waals surface area contributed by atoms with Crippen LogP contribution in [0.25, 0.3) is 0 Å². The average molecular weight is 433 g/mol. The minimum Gasteiger partial charge on any atom is -0.376 e. The lowest BCUT2D eigenvalue weighted by Crippen LogP contribution is -2.36. The molecule has 3 rings (SSSR count). The van der Waals surface area contributed by atoms with Crippen molar-refractivity contribution in [3.05, 3.63) is 42.3 Å². The summed E-state index contributed by atoms with van der Waals surface area (Å²) >= 11 is 5.56. The smallest absolute Gasteiger partial charge is 0.255 e. The second-order valence-electron chi connectivity index (χ2n) is 5.04. The van der Waals surface area contributed by atoms with Crippen molar-refractivity contribution < 1.29 is 9.53 Å². The molecule has 0 aliphatic carbocycles. The Bertz CT molecular complexity index is 591. The lowest BCUT2D eigenvalue weighted by Gasteiger charge is -2.24. The maximum absolute atomic E-state index is 12.8. The van der Waals surface area contributed by atoms with Gasteiger partial charge in [0.15, 0.2) is 0 Å². The van der Waals surface area contributed by atoms with E-state index < -0.39 is 0 Å². The lowest BCUT2D eigenvalue weighted by molar-refractivity contribution is 0.0510. The maximum atomic E-state index is 12.8. The molecule has 0 bridgehead atoms. The molecule has 0 radical (unpaired) electrons. The predicted octanol–water partition coefficient (Wildman–Crippen LogP) is 4.24. The third kappa shape index (κ3) is 4.06. The number of nitrogens with zero attached hydrogens (tertiary/aromatic N) is 1. The quantitative estimate of drug-likeness (QED) is 0.661. The predicted molar refractivity (Wildman–Crippen MR) is 95.1 cm³/mol. The zero-order chi connectivity index (χ0) is 14.7. The number of carbonyl (C=O) groups is 1. The van der Waals surface area contributed by atoms with E-state index in [2.05, 4.69) is 34.0 Å². The normalized spacial score (nSPS) is 18.0. The zero-order valence-corrected chi connectivity index (χ0v) is 15.2. The van der Waals surface area contributed by atoms with Crippen LogP contribution in [0.15, 0.2) is 29.0 Å². The molecule has 1 saturated heterocycles. The Morgan fingerprint density at radius 3 is 3.00 bits per heavy atom. The summed E-state index contributed by atoms with van der Waals surface area (Å²) in [7, 11) is 0. The molecule has 112 valence electrons. The Kier molecular flexibility index (Phi) is 5.31. The van der Waals surface area contributed by atoms with Crippen molar-refractivity contribution in [1.29, 1.82) is 0 Å². The van der Waals surface area contributed by atoms with E-state index in [9.17, 15) is 4.79 Å². The van der Waals surface area contributed by atoms with Crippen LogP contribution < -0.4 is 0 Å². The van der Waals surface area contributed by atoms with Crippen LogP contribution in [0.5, 0.6) is 0 Å². The largest absolute Gasteiger partial charge is 0.376 e. The van der Waals surface area contributed by atoms with Gasteiger partial charge in [0, 0.05) is 23.4 Å².